The van der Waals surface area contributed by atoms with Crippen LogP contribution < -0.4 is 5.56 Å². The van der Waals surface area contributed by atoms with E-state index in [2.05, 4.69) is 19.9 Å². The van der Waals surface area contributed by atoms with Crippen LogP contribution in [0.25, 0.3) is 11.5 Å². The maximum atomic E-state index is 11.3. The van der Waals surface area contributed by atoms with Crippen LogP contribution in [0.15, 0.2) is 23.4 Å². The molecule has 0 fully saturated rings. The molecule has 0 spiro atoms. The minimum Gasteiger partial charge on any atom is -0.492 e. The fourth-order valence-electron chi connectivity index (χ4n) is 0.990. The summed E-state index contributed by atoms with van der Waals surface area (Å²) in [7, 11) is 0. The molecule has 0 amide bonds. The molecule has 7 heteroatoms. The number of nitrogens with zero attached hydrogens (tertiary/aromatic N) is 3. The lowest BCUT2D eigenvalue weighted by Gasteiger charge is -2.00. The second-order valence-corrected chi connectivity index (χ2v) is 3.72. The predicted octanol–water partition coefficient (Wildman–Crippen LogP) is 0.537. The molecule has 6 nitrogen and oxygen atoms in total. The van der Waals surface area contributed by atoms with Gasteiger partial charge in [-0.05, 0) is 22.6 Å². The lowest BCUT2D eigenvalue weighted by atomic mass is 10.4. The first kappa shape index (κ1) is 10.0. The number of hydrogen-bond acceptors (Lipinski definition) is 5. The van der Waals surface area contributed by atoms with E-state index in [0.717, 1.165) is 0 Å². The van der Waals surface area contributed by atoms with Crippen molar-refractivity contribution in [3.8, 4) is 17.4 Å². The molecular weight excluding hydrogens is 311 g/mol. The van der Waals surface area contributed by atoms with E-state index in [1.807, 2.05) is 0 Å². The van der Waals surface area contributed by atoms with Crippen molar-refractivity contribution in [1.29, 1.82) is 0 Å². The third-order valence-corrected chi connectivity index (χ3v) is 2.62. The largest absolute Gasteiger partial charge is 0.492 e. The number of rotatable bonds is 1. The van der Waals surface area contributed by atoms with Crippen LogP contribution in [0.5, 0.6) is 5.88 Å². The van der Waals surface area contributed by atoms with Crippen LogP contribution >= 0.6 is 22.6 Å². The number of aromatic hydroxyl groups is 1. The lowest BCUT2D eigenvalue weighted by molar-refractivity contribution is 0.447. The summed E-state index contributed by atoms with van der Waals surface area (Å²) >= 11 is 1.71. The van der Waals surface area contributed by atoms with Gasteiger partial charge in [-0.15, -0.1) is 0 Å². The van der Waals surface area contributed by atoms with E-state index in [0.29, 0.717) is 5.69 Å². The van der Waals surface area contributed by atoms with Crippen molar-refractivity contribution < 1.29 is 5.11 Å². The van der Waals surface area contributed by atoms with Crippen molar-refractivity contribution in [1.82, 2.24) is 19.9 Å². The Hall–Kier alpha value is -1.51. The molecule has 0 aliphatic rings. The van der Waals surface area contributed by atoms with Gasteiger partial charge in [0.05, 0.1) is 6.20 Å². The van der Waals surface area contributed by atoms with E-state index in [4.69, 9.17) is 0 Å². The molecule has 2 heterocycles. The SMILES string of the molecule is O=c1[nH]c(-c2cnccn2)nc(O)c1I. The van der Waals surface area contributed by atoms with Gasteiger partial charge in [0.2, 0.25) is 5.88 Å². The van der Waals surface area contributed by atoms with Crippen LogP contribution in [0.1, 0.15) is 0 Å². The van der Waals surface area contributed by atoms with Crippen LogP contribution in [0.3, 0.4) is 0 Å². The lowest BCUT2D eigenvalue weighted by Crippen LogP contribution is -2.12. The molecule has 2 N–H and O–H groups in total. The first-order valence-electron chi connectivity index (χ1n) is 3.93. The summed E-state index contributed by atoms with van der Waals surface area (Å²) in [6, 6.07) is 0. The average molecular weight is 316 g/mol. The van der Waals surface area contributed by atoms with Gasteiger partial charge in [-0.25, -0.2) is 4.98 Å². The molecule has 0 aliphatic carbocycles. The van der Waals surface area contributed by atoms with Gasteiger partial charge < -0.3 is 10.1 Å². The number of H-pyrrole nitrogens is 1. The molecule has 2 aromatic heterocycles. The quantitative estimate of drug-likeness (QED) is 0.749. The minimum absolute atomic E-state index is 0.153. The molecule has 15 heavy (non-hydrogen) atoms. The molecular formula is C8H5IN4O2. The van der Waals surface area contributed by atoms with Crippen molar-refractivity contribution >= 4 is 22.6 Å². The Balaban J connectivity index is 2.61. The molecule has 0 saturated heterocycles. The number of nitrogens with one attached hydrogen (secondary N) is 1. The Morgan fingerprint density at radius 3 is 2.80 bits per heavy atom. The van der Waals surface area contributed by atoms with E-state index in [9.17, 15) is 9.90 Å². The minimum atomic E-state index is -0.399. The van der Waals surface area contributed by atoms with Gasteiger partial charge in [0.15, 0.2) is 5.82 Å². The number of aromatic nitrogens is 4. The smallest absolute Gasteiger partial charge is 0.268 e. The summed E-state index contributed by atoms with van der Waals surface area (Å²) in [4.78, 5) is 25.4. The summed E-state index contributed by atoms with van der Waals surface area (Å²) in [6.45, 7) is 0. The van der Waals surface area contributed by atoms with Crippen LogP contribution in [-0.4, -0.2) is 25.0 Å². The molecule has 0 radical (unpaired) electrons. The Labute approximate surface area is 97.6 Å². The normalized spacial score (nSPS) is 10.2. The first-order valence-corrected chi connectivity index (χ1v) is 5.01. The number of halogens is 1. The molecule has 0 unspecified atom stereocenters. The van der Waals surface area contributed by atoms with Crippen molar-refractivity contribution in [3.63, 3.8) is 0 Å². The summed E-state index contributed by atoms with van der Waals surface area (Å²) in [6.07, 6.45) is 4.43. The van der Waals surface area contributed by atoms with Gasteiger partial charge in [0, 0.05) is 12.4 Å². The number of hydrogen-bond donors (Lipinski definition) is 2. The highest BCUT2D eigenvalue weighted by Crippen LogP contribution is 2.15. The topological polar surface area (TPSA) is 91.8 Å². The molecule has 2 aromatic rings. The molecule has 2 rings (SSSR count). The van der Waals surface area contributed by atoms with Crippen LogP contribution in [-0.2, 0) is 0 Å². The maximum Gasteiger partial charge on any atom is 0.268 e. The zero-order chi connectivity index (χ0) is 10.8. The van der Waals surface area contributed by atoms with Crippen LogP contribution in [0.4, 0.5) is 0 Å². The van der Waals surface area contributed by atoms with Gasteiger partial charge >= 0.3 is 0 Å². The molecule has 76 valence electrons. The second-order valence-electron chi connectivity index (χ2n) is 2.64. The Kier molecular flexibility index (Phi) is 2.62. The predicted molar refractivity (Wildman–Crippen MR) is 60.3 cm³/mol. The molecule has 0 saturated carbocycles. The molecule has 0 atom stereocenters. The summed E-state index contributed by atoms with van der Waals surface area (Å²) in [5.41, 5.74) is 0.00468. The standard InChI is InChI=1S/C8H5IN4O2/c9-5-7(14)12-6(13-8(5)15)4-3-10-1-2-11-4/h1-3H,(H2,12,13,14,15). The Morgan fingerprint density at radius 2 is 2.20 bits per heavy atom. The maximum absolute atomic E-state index is 11.3. The van der Waals surface area contributed by atoms with Crippen LogP contribution in [0.2, 0.25) is 0 Å². The highest BCUT2D eigenvalue weighted by Gasteiger charge is 2.09. The van der Waals surface area contributed by atoms with E-state index in [-0.39, 0.29) is 15.3 Å². The Morgan fingerprint density at radius 1 is 1.40 bits per heavy atom. The molecule has 0 bridgehead atoms. The third kappa shape index (κ3) is 1.96. The zero-order valence-corrected chi connectivity index (χ0v) is 9.46. The second kappa shape index (κ2) is 3.93. The van der Waals surface area contributed by atoms with Gasteiger partial charge in [0.1, 0.15) is 9.26 Å². The van der Waals surface area contributed by atoms with E-state index >= 15 is 0 Å². The van der Waals surface area contributed by atoms with Gasteiger partial charge in [-0.3, -0.25) is 9.78 Å². The molecule has 0 aromatic carbocycles. The monoisotopic (exact) mass is 316 g/mol. The van der Waals surface area contributed by atoms with Crippen molar-refractivity contribution in [2.45, 2.75) is 0 Å². The van der Waals surface area contributed by atoms with E-state index in [1.165, 1.54) is 18.6 Å². The highest BCUT2D eigenvalue weighted by molar-refractivity contribution is 14.1. The zero-order valence-electron chi connectivity index (χ0n) is 7.31. The fraction of sp³-hybridized carbons (Fsp3) is 0. The molecule has 0 aliphatic heterocycles. The average Bonchev–Trinajstić information content (AvgIpc) is 2.26. The summed E-state index contributed by atoms with van der Waals surface area (Å²) in [5.74, 6) is -0.106. The van der Waals surface area contributed by atoms with Gasteiger partial charge in [-0.1, -0.05) is 0 Å². The fourth-order valence-corrected chi connectivity index (χ4v) is 1.25. The highest BCUT2D eigenvalue weighted by atomic mass is 127. The van der Waals surface area contributed by atoms with Crippen molar-refractivity contribution in [2.24, 2.45) is 0 Å². The van der Waals surface area contributed by atoms with Crippen LogP contribution in [0, 0.1) is 3.57 Å². The van der Waals surface area contributed by atoms with Gasteiger partial charge in [-0.2, -0.15) is 4.98 Å². The number of aromatic amines is 1. The first-order chi connectivity index (χ1) is 7.18. The van der Waals surface area contributed by atoms with Crippen molar-refractivity contribution in [2.75, 3.05) is 0 Å². The Bertz CT molecular complexity index is 540. The third-order valence-electron chi connectivity index (χ3n) is 1.65. The summed E-state index contributed by atoms with van der Waals surface area (Å²) in [5, 5.41) is 9.36. The van der Waals surface area contributed by atoms with E-state index in [1.54, 1.807) is 22.6 Å². The van der Waals surface area contributed by atoms with Crippen molar-refractivity contribution in [3.05, 3.63) is 32.5 Å². The van der Waals surface area contributed by atoms with Gasteiger partial charge in [0.25, 0.3) is 5.56 Å². The van der Waals surface area contributed by atoms with E-state index < -0.39 is 5.56 Å². The summed E-state index contributed by atoms with van der Waals surface area (Å²) < 4.78 is 0.153.